The number of hydrogen-bond donors (Lipinski definition) is 2. The zero-order valence-corrected chi connectivity index (χ0v) is 14.9. The monoisotopic (exact) mass is 354 g/mol. The minimum Gasteiger partial charge on any atom is -0.497 e. The van der Waals surface area contributed by atoms with Crippen LogP contribution in [0.2, 0.25) is 0 Å². The van der Waals surface area contributed by atoms with Gasteiger partial charge in [0.1, 0.15) is 11.7 Å². The number of pyridine rings is 1. The van der Waals surface area contributed by atoms with Crippen LogP contribution in [0.5, 0.6) is 5.75 Å². The first kappa shape index (κ1) is 17.3. The van der Waals surface area contributed by atoms with Crippen molar-refractivity contribution in [3.63, 3.8) is 0 Å². The number of piperidine rings is 1. The molecular weight excluding hydrogens is 334 g/mol. The third-order valence-corrected chi connectivity index (χ3v) is 4.99. The molecule has 25 heavy (non-hydrogen) atoms. The van der Waals surface area contributed by atoms with E-state index in [1.54, 1.807) is 14.0 Å². The van der Waals surface area contributed by atoms with Crippen LogP contribution in [0.1, 0.15) is 24.4 Å². The maximum Gasteiger partial charge on any atom is 0.213 e. The molecule has 1 aliphatic rings. The summed E-state index contributed by atoms with van der Waals surface area (Å²) >= 11 is 5.38. The molecule has 4 atom stereocenters. The number of hydrogen-bond acceptors (Lipinski definition) is 4. The zero-order chi connectivity index (χ0) is 18.0. The average Bonchev–Trinajstić information content (AvgIpc) is 2.61. The number of aromatic nitrogens is 1. The fourth-order valence-electron chi connectivity index (χ4n) is 3.51. The summed E-state index contributed by atoms with van der Waals surface area (Å²) in [7, 11) is 1.61. The molecule has 1 saturated heterocycles. The van der Waals surface area contributed by atoms with Crippen molar-refractivity contribution in [2.75, 3.05) is 7.11 Å². The molecule has 1 aromatic carbocycles. The van der Waals surface area contributed by atoms with E-state index in [0.29, 0.717) is 4.99 Å². The highest BCUT2D eigenvalue weighted by Crippen LogP contribution is 2.42. The van der Waals surface area contributed by atoms with E-state index in [9.17, 15) is 10.4 Å². The number of methoxy groups -OCH3 is 1. The molecule has 0 bridgehead atoms. The molecule has 2 N–H and O–H groups in total. The van der Waals surface area contributed by atoms with E-state index in [4.69, 9.17) is 17.0 Å². The number of thiocarbonyl (C=S) groups is 1. The highest BCUT2D eigenvalue weighted by atomic mass is 32.1. The number of nitrogens with zero attached hydrogens (tertiary/aromatic N) is 2. The van der Waals surface area contributed by atoms with Gasteiger partial charge in [-0.25, -0.2) is 0 Å². The summed E-state index contributed by atoms with van der Waals surface area (Å²) in [6.45, 7) is 1.69. The predicted molar refractivity (Wildman–Crippen MR) is 96.9 cm³/mol. The van der Waals surface area contributed by atoms with E-state index in [1.165, 1.54) is 0 Å². The lowest BCUT2D eigenvalue weighted by atomic mass is 9.74. The van der Waals surface area contributed by atoms with Crippen LogP contribution in [0, 0.1) is 17.2 Å². The van der Waals surface area contributed by atoms with Gasteiger partial charge in [-0.3, -0.25) is 0 Å². The number of benzene rings is 1. The van der Waals surface area contributed by atoms with Crippen molar-refractivity contribution in [3.8, 4) is 11.8 Å². The van der Waals surface area contributed by atoms with Gasteiger partial charge < -0.3 is 15.2 Å². The van der Waals surface area contributed by atoms with Gasteiger partial charge in [0.05, 0.1) is 24.1 Å². The van der Waals surface area contributed by atoms with Crippen molar-refractivity contribution >= 4 is 17.2 Å². The van der Waals surface area contributed by atoms with E-state index < -0.39 is 17.7 Å². The Labute approximate surface area is 152 Å². The van der Waals surface area contributed by atoms with Crippen molar-refractivity contribution in [2.24, 2.45) is 5.92 Å². The van der Waals surface area contributed by atoms with Crippen molar-refractivity contribution in [1.29, 1.82) is 5.26 Å². The van der Waals surface area contributed by atoms with Crippen molar-refractivity contribution in [1.82, 2.24) is 5.32 Å². The van der Waals surface area contributed by atoms with Crippen LogP contribution in [-0.4, -0.2) is 22.9 Å². The number of ether oxygens (including phenoxy) is 1. The Bertz CT molecular complexity index is 800. The molecule has 0 saturated carbocycles. The summed E-state index contributed by atoms with van der Waals surface area (Å²) in [5, 5.41) is 23.7. The summed E-state index contributed by atoms with van der Waals surface area (Å²) in [6, 6.07) is 15.2. The Morgan fingerprint density at radius 3 is 2.44 bits per heavy atom. The maximum atomic E-state index is 11.1. The van der Waals surface area contributed by atoms with Gasteiger partial charge in [-0.15, -0.1) is 0 Å². The van der Waals surface area contributed by atoms with Gasteiger partial charge in [-0.05, 0) is 24.6 Å². The van der Waals surface area contributed by atoms with E-state index >= 15 is 0 Å². The Hall–Kier alpha value is -2.49. The quantitative estimate of drug-likeness (QED) is 0.652. The van der Waals surface area contributed by atoms with Gasteiger partial charge in [0, 0.05) is 12.1 Å². The fraction of sp³-hybridized carbons (Fsp3) is 0.316. The van der Waals surface area contributed by atoms with Crippen LogP contribution in [0.25, 0.3) is 0 Å². The average molecular weight is 354 g/mol. The summed E-state index contributed by atoms with van der Waals surface area (Å²) in [6.07, 6.45) is 3.78. The van der Waals surface area contributed by atoms with Gasteiger partial charge in [-0.1, -0.05) is 30.4 Å². The molecule has 128 valence electrons. The first-order valence-electron chi connectivity index (χ1n) is 8.01. The number of nitriles is 1. The molecule has 2 heterocycles. The van der Waals surface area contributed by atoms with Crippen LogP contribution in [0.4, 0.5) is 0 Å². The van der Waals surface area contributed by atoms with E-state index in [1.807, 2.05) is 59.4 Å². The normalized spacial score (nSPS) is 28.7. The van der Waals surface area contributed by atoms with Crippen LogP contribution < -0.4 is 14.6 Å². The van der Waals surface area contributed by atoms with Gasteiger partial charge in [0.25, 0.3) is 0 Å². The van der Waals surface area contributed by atoms with Crippen molar-refractivity contribution in [2.45, 2.75) is 24.6 Å². The Kier molecular flexibility index (Phi) is 4.71. The number of aliphatic hydroxyl groups is 1. The predicted octanol–water partition coefficient (Wildman–Crippen LogP) is 2.09. The molecule has 0 aliphatic carbocycles. The molecule has 1 fully saturated rings. The van der Waals surface area contributed by atoms with Crippen LogP contribution in [-0.2, 0) is 0 Å². The maximum absolute atomic E-state index is 11.1. The van der Waals surface area contributed by atoms with Crippen LogP contribution in [0.3, 0.4) is 0 Å². The van der Waals surface area contributed by atoms with E-state index in [2.05, 4.69) is 11.4 Å². The highest BCUT2D eigenvalue weighted by molar-refractivity contribution is 7.80. The molecule has 1 aliphatic heterocycles. The van der Waals surface area contributed by atoms with E-state index in [0.717, 1.165) is 11.3 Å². The third kappa shape index (κ3) is 3.21. The van der Waals surface area contributed by atoms with Crippen molar-refractivity contribution < 1.29 is 14.4 Å². The summed E-state index contributed by atoms with van der Waals surface area (Å²) in [4.78, 5) is 0.362. The first-order chi connectivity index (χ1) is 12.0. The molecule has 0 amide bonds. The Morgan fingerprint density at radius 2 is 1.88 bits per heavy atom. The molecule has 6 heteroatoms. The van der Waals surface area contributed by atoms with Crippen LogP contribution >= 0.6 is 12.2 Å². The minimum absolute atomic E-state index is 0.299. The molecule has 0 unspecified atom stereocenters. The second-order valence-electron chi connectivity index (χ2n) is 6.31. The number of rotatable bonds is 3. The minimum atomic E-state index is -1.29. The highest BCUT2D eigenvalue weighted by Gasteiger charge is 2.54. The van der Waals surface area contributed by atoms with Crippen LogP contribution in [0.15, 0.2) is 54.9 Å². The molecular formula is C19H20N3O2S+. The lowest BCUT2D eigenvalue weighted by Crippen LogP contribution is -2.67. The Balaban J connectivity index is 2.15. The molecule has 2 aromatic rings. The SMILES string of the molecule is COc1ccc([C@H]2[C@H](C#N)C(=S)N[C@](C)(O)[C@@H]2[n+]2ccccc2)cc1. The van der Waals surface area contributed by atoms with E-state index in [-0.39, 0.29) is 5.92 Å². The number of nitrogens with one attached hydrogen (secondary N) is 1. The standard InChI is InChI=1S/C19H19N3O2S/c1-19(23)17(22-10-4-3-5-11-22)16(15(12-20)18(25)21-19)13-6-8-14(24-2)9-7-13/h3-11,15-17,23H,1-2H3/p+1/t15-,16-,17+,19+/m0/s1. The second-order valence-corrected chi connectivity index (χ2v) is 6.75. The molecule has 3 rings (SSSR count). The summed E-state index contributed by atoms with van der Waals surface area (Å²) in [5.41, 5.74) is -0.362. The van der Waals surface area contributed by atoms with Gasteiger partial charge in [-0.2, -0.15) is 9.83 Å². The smallest absolute Gasteiger partial charge is 0.213 e. The van der Waals surface area contributed by atoms with Gasteiger partial charge >= 0.3 is 0 Å². The lowest BCUT2D eigenvalue weighted by molar-refractivity contribution is -0.742. The lowest BCUT2D eigenvalue weighted by Gasteiger charge is -2.42. The summed E-state index contributed by atoms with van der Waals surface area (Å²) in [5.74, 6) is -0.0992. The zero-order valence-electron chi connectivity index (χ0n) is 14.1. The topological polar surface area (TPSA) is 69.2 Å². The fourth-order valence-corrected chi connectivity index (χ4v) is 3.92. The molecule has 5 nitrogen and oxygen atoms in total. The summed E-state index contributed by atoms with van der Waals surface area (Å²) < 4.78 is 7.15. The Morgan fingerprint density at radius 1 is 1.24 bits per heavy atom. The van der Waals surface area contributed by atoms with Gasteiger partial charge in [0.2, 0.25) is 6.04 Å². The molecule has 1 aromatic heterocycles. The molecule has 0 spiro atoms. The third-order valence-electron chi connectivity index (χ3n) is 4.63. The first-order valence-corrected chi connectivity index (χ1v) is 8.42. The largest absolute Gasteiger partial charge is 0.497 e. The second kappa shape index (κ2) is 6.79. The van der Waals surface area contributed by atoms with Gasteiger partial charge in [0.15, 0.2) is 18.1 Å². The molecule has 0 radical (unpaired) electrons. The van der Waals surface area contributed by atoms with Crippen molar-refractivity contribution in [3.05, 3.63) is 60.4 Å².